The van der Waals surface area contributed by atoms with E-state index in [0.29, 0.717) is 24.3 Å². The van der Waals surface area contributed by atoms with E-state index in [1.807, 2.05) is 31.2 Å². The molecule has 1 N–H and O–H groups in total. The Hall–Kier alpha value is -2.83. The largest absolute Gasteiger partial charge is 0.383 e. The molecule has 0 amide bonds. The standard InChI is InChI=1S/C16H19N5O2/c1-11-4-6-12(7-5-11)17-8-9-21-10-18-14-13(21)15(22)20(3)16(23)19(14)2/h4-7,10,17H,8-9H2,1-3H3. The highest BCUT2D eigenvalue weighted by Gasteiger charge is 2.13. The first-order chi connectivity index (χ1) is 11.0. The van der Waals surface area contributed by atoms with Crippen LogP contribution >= 0.6 is 0 Å². The summed E-state index contributed by atoms with van der Waals surface area (Å²) in [5.41, 5.74) is 2.40. The van der Waals surface area contributed by atoms with Crippen molar-refractivity contribution in [3.8, 4) is 0 Å². The van der Waals surface area contributed by atoms with Gasteiger partial charge < -0.3 is 9.88 Å². The lowest BCUT2D eigenvalue weighted by Crippen LogP contribution is -2.37. The Morgan fingerprint density at radius 3 is 2.48 bits per heavy atom. The average molecular weight is 313 g/mol. The van der Waals surface area contributed by atoms with Crippen molar-refractivity contribution in [2.24, 2.45) is 14.1 Å². The number of imidazole rings is 1. The molecule has 2 heterocycles. The number of hydrogen-bond donors (Lipinski definition) is 1. The highest BCUT2D eigenvalue weighted by molar-refractivity contribution is 5.69. The fraction of sp³-hybridized carbons (Fsp3) is 0.312. The molecule has 0 aliphatic rings. The number of anilines is 1. The smallest absolute Gasteiger partial charge is 0.332 e. The molecule has 0 spiro atoms. The van der Waals surface area contributed by atoms with Crippen molar-refractivity contribution in [3.63, 3.8) is 0 Å². The maximum absolute atomic E-state index is 12.3. The van der Waals surface area contributed by atoms with Crippen molar-refractivity contribution in [2.75, 3.05) is 11.9 Å². The molecule has 0 aliphatic carbocycles. The lowest BCUT2D eigenvalue weighted by molar-refractivity contribution is 0.695. The van der Waals surface area contributed by atoms with E-state index in [9.17, 15) is 9.59 Å². The summed E-state index contributed by atoms with van der Waals surface area (Å²) in [4.78, 5) is 28.4. The third-order valence-electron chi connectivity index (χ3n) is 3.95. The Morgan fingerprint density at radius 2 is 1.78 bits per heavy atom. The lowest BCUT2D eigenvalue weighted by Gasteiger charge is -2.09. The zero-order chi connectivity index (χ0) is 16.6. The second kappa shape index (κ2) is 5.75. The van der Waals surface area contributed by atoms with E-state index in [4.69, 9.17) is 0 Å². The second-order valence-electron chi connectivity index (χ2n) is 5.61. The quantitative estimate of drug-likeness (QED) is 0.775. The molecular formula is C16H19N5O2. The molecule has 7 nitrogen and oxygen atoms in total. The minimum Gasteiger partial charge on any atom is -0.383 e. The van der Waals surface area contributed by atoms with Gasteiger partial charge in [0, 0.05) is 32.9 Å². The molecule has 23 heavy (non-hydrogen) atoms. The number of rotatable bonds is 4. The summed E-state index contributed by atoms with van der Waals surface area (Å²) in [5, 5.41) is 3.31. The summed E-state index contributed by atoms with van der Waals surface area (Å²) in [7, 11) is 3.10. The van der Waals surface area contributed by atoms with E-state index in [2.05, 4.69) is 10.3 Å². The van der Waals surface area contributed by atoms with Gasteiger partial charge in [0.2, 0.25) is 0 Å². The monoisotopic (exact) mass is 313 g/mol. The Balaban J connectivity index is 1.85. The van der Waals surface area contributed by atoms with Crippen LogP contribution in [0, 0.1) is 6.92 Å². The first-order valence-corrected chi connectivity index (χ1v) is 7.40. The predicted octanol–water partition coefficient (Wildman–Crippen LogP) is 0.854. The highest BCUT2D eigenvalue weighted by atomic mass is 16.2. The summed E-state index contributed by atoms with van der Waals surface area (Å²) >= 11 is 0. The van der Waals surface area contributed by atoms with Crippen LogP contribution in [0.4, 0.5) is 5.69 Å². The van der Waals surface area contributed by atoms with Crippen molar-refractivity contribution in [1.29, 1.82) is 0 Å². The Bertz CT molecular complexity index is 963. The van der Waals surface area contributed by atoms with Gasteiger partial charge in [-0.25, -0.2) is 9.78 Å². The fourth-order valence-corrected chi connectivity index (χ4v) is 2.56. The third-order valence-corrected chi connectivity index (χ3v) is 3.95. The van der Waals surface area contributed by atoms with Crippen molar-refractivity contribution in [2.45, 2.75) is 13.5 Å². The second-order valence-corrected chi connectivity index (χ2v) is 5.61. The molecule has 0 bridgehead atoms. The van der Waals surface area contributed by atoms with Gasteiger partial charge in [-0.1, -0.05) is 17.7 Å². The Labute approximate surface area is 132 Å². The Kier molecular flexibility index (Phi) is 3.77. The molecule has 1 aromatic carbocycles. The van der Waals surface area contributed by atoms with Crippen LogP contribution in [0.5, 0.6) is 0 Å². The summed E-state index contributed by atoms with van der Waals surface area (Å²) in [6.45, 7) is 3.28. The van der Waals surface area contributed by atoms with Crippen LogP contribution in [0.15, 0.2) is 40.2 Å². The van der Waals surface area contributed by atoms with Crippen molar-refractivity contribution in [3.05, 3.63) is 57.0 Å². The molecule has 0 saturated carbocycles. The Morgan fingerprint density at radius 1 is 1.09 bits per heavy atom. The van der Waals surface area contributed by atoms with E-state index < -0.39 is 0 Å². The lowest BCUT2D eigenvalue weighted by atomic mass is 10.2. The first kappa shape index (κ1) is 15.1. The molecule has 0 aliphatic heterocycles. The fourth-order valence-electron chi connectivity index (χ4n) is 2.56. The van der Waals surface area contributed by atoms with Crippen LogP contribution in [0.25, 0.3) is 11.2 Å². The van der Waals surface area contributed by atoms with E-state index in [-0.39, 0.29) is 11.2 Å². The molecule has 3 aromatic rings. The van der Waals surface area contributed by atoms with Gasteiger partial charge in [-0.15, -0.1) is 0 Å². The molecular weight excluding hydrogens is 294 g/mol. The van der Waals surface area contributed by atoms with Gasteiger partial charge in [0.25, 0.3) is 5.56 Å². The normalized spacial score (nSPS) is 11.1. The number of nitrogens with one attached hydrogen (secondary N) is 1. The number of aromatic nitrogens is 4. The van der Waals surface area contributed by atoms with Gasteiger partial charge >= 0.3 is 5.69 Å². The number of benzene rings is 1. The van der Waals surface area contributed by atoms with Gasteiger partial charge in [0.15, 0.2) is 11.2 Å². The molecule has 7 heteroatoms. The van der Waals surface area contributed by atoms with Crippen molar-refractivity contribution >= 4 is 16.9 Å². The first-order valence-electron chi connectivity index (χ1n) is 7.40. The van der Waals surface area contributed by atoms with Crippen LogP contribution < -0.4 is 16.6 Å². The highest BCUT2D eigenvalue weighted by Crippen LogP contribution is 2.09. The summed E-state index contributed by atoms with van der Waals surface area (Å²) in [6, 6.07) is 8.12. The minimum atomic E-state index is -0.370. The maximum Gasteiger partial charge on any atom is 0.332 e. The molecule has 0 fully saturated rings. The zero-order valence-electron chi connectivity index (χ0n) is 13.4. The third kappa shape index (κ3) is 2.65. The average Bonchev–Trinajstić information content (AvgIpc) is 2.97. The van der Waals surface area contributed by atoms with Crippen LogP contribution in [0.3, 0.4) is 0 Å². The molecule has 2 aromatic heterocycles. The molecule has 0 unspecified atom stereocenters. The van der Waals surface area contributed by atoms with E-state index >= 15 is 0 Å². The van der Waals surface area contributed by atoms with Crippen LogP contribution in [-0.2, 0) is 20.6 Å². The van der Waals surface area contributed by atoms with E-state index in [1.54, 1.807) is 17.9 Å². The molecule has 0 saturated heterocycles. The van der Waals surface area contributed by atoms with Gasteiger partial charge in [0.05, 0.1) is 6.33 Å². The molecule has 0 radical (unpaired) electrons. The summed E-state index contributed by atoms with van der Waals surface area (Å²) < 4.78 is 4.27. The summed E-state index contributed by atoms with van der Waals surface area (Å²) in [5.74, 6) is 0. The van der Waals surface area contributed by atoms with Crippen molar-refractivity contribution < 1.29 is 0 Å². The number of aryl methyl sites for hydroxylation is 2. The van der Waals surface area contributed by atoms with Crippen molar-refractivity contribution in [1.82, 2.24) is 18.7 Å². The van der Waals surface area contributed by atoms with Crippen LogP contribution in [0.2, 0.25) is 0 Å². The molecule has 0 atom stereocenters. The van der Waals surface area contributed by atoms with E-state index in [0.717, 1.165) is 10.3 Å². The van der Waals surface area contributed by atoms with Crippen LogP contribution in [0.1, 0.15) is 5.56 Å². The van der Waals surface area contributed by atoms with Gasteiger partial charge in [-0.2, -0.15) is 0 Å². The molecule has 3 rings (SSSR count). The molecule has 120 valence electrons. The number of hydrogen-bond acceptors (Lipinski definition) is 4. The maximum atomic E-state index is 12.3. The SMILES string of the molecule is Cc1ccc(NCCn2cnc3c2c(=O)n(C)c(=O)n3C)cc1. The predicted molar refractivity (Wildman–Crippen MR) is 89.9 cm³/mol. The van der Waals surface area contributed by atoms with Crippen LogP contribution in [-0.4, -0.2) is 25.2 Å². The topological polar surface area (TPSA) is 73.8 Å². The van der Waals surface area contributed by atoms with Gasteiger partial charge in [-0.05, 0) is 19.1 Å². The van der Waals surface area contributed by atoms with Gasteiger partial charge in [0.1, 0.15) is 0 Å². The zero-order valence-corrected chi connectivity index (χ0v) is 13.4. The summed E-state index contributed by atoms with van der Waals surface area (Å²) in [6.07, 6.45) is 1.60. The minimum absolute atomic E-state index is 0.323. The number of nitrogens with zero attached hydrogens (tertiary/aromatic N) is 4. The van der Waals surface area contributed by atoms with Gasteiger partial charge in [-0.3, -0.25) is 13.9 Å². The van der Waals surface area contributed by atoms with E-state index in [1.165, 1.54) is 17.2 Å². The number of fused-ring (bicyclic) bond motifs is 1.